The lowest BCUT2D eigenvalue weighted by Crippen LogP contribution is -2.65. The Morgan fingerprint density at radius 2 is 1.97 bits per heavy atom. The summed E-state index contributed by atoms with van der Waals surface area (Å²) in [5.74, 6) is 3.02. The van der Waals surface area contributed by atoms with Gasteiger partial charge in [-0.25, -0.2) is 4.39 Å². The zero-order chi connectivity index (χ0) is 23.3. The van der Waals surface area contributed by atoms with Gasteiger partial charge in [0.2, 0.25) is 0 Å². The summed E-state index contributed by atoms with van der Waals surface area (Å²) in [6.45, 7) is 10.2. The highest BCUT2D eigenvalue weighted by Crippen LogP contribution is 2.53. The van der Waals surface area contributed by atoms with Gasteiger partial charge in [-0.15, -0.1) is 0 Å². The number of fused-ring (bicyclic) bond motifs is 5. The van der Waals surface area contributed by atoms with Crippen LogP contribution in [0.2, 0.25) is 0 Å². The van der Waals surface area contributed by atoms with Gasteiger partial charge in [0.25, 0.3) is 0 Å². The molecule has 1 aliphatic carbocycles. The third kappa shape index (κ3) is 4.10. The summed E-state index contributed by atoms with van der Waals surface area (Å²) < 4.78 is 21.1. The van der Waals surface area contributed by atoms with Crippen molar-refractivity contribution in [1.82, 2.24) is 10.2 Å². The lowest BCUT2D eigenvalue weighted by molar-refractivity contribution is -0.176. The molecule has 12 atom stereocenters. The fraction of sp³-hybridized carbons (Fsp3) is 1.00. The van der Waals surface area contributed by atoms with Crippen LogP contribution in [0, 0.1) is 41.4 Å². The molecule has 5 fully saturated rings. The van der Waals surface area contributed by atoms with Crippen LogP contribution in [-0.4, -0.2) is 77.9 Å². The maximum absolute atomic E-state index is 15.2. The van der Waals surface area contributed by atoms with E-state index in [2.05, 4.69) is 31.0 Å². The van der Waals surface area contributed by atoms with Gasteiger partial charge in [0.15, 0.2) is 0 Å². The summed E-state index contributed by atoms with van der Waals surface area (Å²) in [6, 6.07) is 1.13. The van der Waals surface area contributed by atoms with Crippen molar-refractivity contribution in [2.45, 2.75) is 95.6 Å². The largest absolute Gasteiger partial charge is 0.396 e. The van der Waals surface area contributed by atoms with E-state index in [9.17, 15) is 10.2 Å². The van der Waals surface area contributed by atoms with E-state index in [0.717, 1.165) is 51.8 Å². The zero-order valence-corrected chi connectivity index (χ0v) is 21.0. The number of aliphatic hydroxyl groups is 2. The van der Waals surface area contributed by atoms with Gasteiger partial charge in [-0.1, -0.05) is 33.6 Å². The summed E-state index contributed by atoms with van der Waals surface area (Å²) in [5.41, 5.74) is -0.698. The van der Waals surface area contributed by atoms with Crippen molar-refractivity contribution in [3.05, 3.63) is 0 Å². The Hall–Kier alpha value is -0.270. The molecule has 33 heavy (non-hydrogen) atoms. The number of rotatable bonds is 6. The van der Waals surface area contributed by atoms with Crippen molar-refractivity contribution in [2.24, 2.45) is 41.4 Å². The molecule has 5 aliphatic rings. The summed E-state index contributed by atoms with van der Waals surface area (Å²) in [7, 11) is 0. The second-order valence-corrected chi connectivity index (χ2v) is 12.2. The lowest BCUT2D eigenvalue weighted by atomic mass is 9.57. The normalized spacial score (nSPS) is 52.0. The van der Waals surface area contributed by atoms with E-state index in [-0.39, 0.29) is 18.6 Å². The van der Waals surface area contributed by atoms with Crippen LogP contribution in [0.3, 0.4) is 0 Å². The molecule has 0 aromatic rings. The van der Waals surface area contributed by atoms with Crippen LogP contribution < -0.4 is 5.32 Å². The summed E-state index contributed by atoms with van der Waals surface area (Å²) >= 11 is 0. The maximum atomic E-state index is 15.2. The number of nitrogens with zero attached hydrogens (tertiary/aromatic N) is 1. The van der Waals surface area contributed by atoms with Gasteiger partial charge < -0.3 is 20.3 Å². The molecule has 3 N–H and O–H groups in total. The van der Waals surface area contributed by atoms with Crippen LogP contribution in [-0.2, 0) is 4.74 Å². The van der Waals surface area contributed by atoms with Crippen molar-refractivity contribution in [3.8, 4) is 0 Å². The predicted molar refractivity (Wildman–Crippen MR) is 128 cm³/mol. The van der Waals surface area contributed by atoms with E-state index in [0.29, 0.717) is 60.6 Å². The van der Waals surface area contributed by atoms with E-state index < -0.39 is 11.8 Å². The van der Waals surface area contributed by atoms with E-state index in [4.69, 9.17) is 4.74 Å². The molecule has 0 amide bonds. The van der Waals surface area contributed by atoms with Crippen molar-refractivity contribution < 1.29 is 19.3 Å². The molecule has 6 heteroatoms. The van der Waals surface area contributed by atoms with Crippen LogP contribution in [0.1, 0.15) is 65.7 Å². The van der Waals surface area contributed by atoms with E-state index >= 15 is 4.39 Å². The quantitative estimate of drug-likeness (QED) is 0.525. The number of aliphatic hydroxyl groups excluding tert-OH is 1. The Morgan fingerprint density at radius 1 is 1.15 bits per heavy atom. The number of hydrogen-bond acceptors (Lipinski definition) is 5. The Morgan fingerprint density at radius 3 is 2.70 bits per heavy atom. The SMILES string of the molecule is CCC1C2CN3CC4COC[C@](O)(CC)C4CC3C2NC2CC(F)C(C)C(CCCCO)C21. The highest BCUT2D eigenvalue weighted by Gasteiger charge is 2.59. The summed E-state index contributed by atoms with van der Waals surface area (Å²) in [5, 5.41) is 24.7. The minimum absolute atomic E-state index is 0.112. The minimum Gasteiger partial charge on any atom is -0.396 e. The molecular weight excluding hydrogens is 419 g/mol. The van der Waals surface area contributed by atoms with Crippen LogP contribution in [0.15, 0.2) is 0 Å². The topological polar surface area (TPSA) is 65.0 Å². The molecule has 4 heterocycles. The van der Waals surface area contributed by atoms with Gasteiger partial charge >= 0.3 is 0 Å². The number of alkyl halides is 1. The van der Waals surface area contributed by atoms with Crippen LogP contribution in [0.25, 0.3) is 0 Å². The first-order valence-electron chi connectivity index (χ1n) is 14.0. The summed E-state index contributed by atoms with van der Waals surface area (Å²) in [6.07, 6.45) is 5.73. The predicted octanol–water partition coefficient (Wildman–Crippen LogP) is 3.23. The van der Waals surface area contributed by atoms with Crippen LogP contribution in [0.4, 0.5) is 4.39 Å². The van der Waals surface area contributed by atoms with Crippen molar-refractivity contribution >= 4 is 0 Å². The van der Waals surface area contributed by atoms with Gasteiger partial charge in [0, 0.05) is 43.7 Å². The average molecular weight is 467 g/mol. The Bertz CT molecular complexity index is 682. The number of unbranched alkanes of at least 4 members (excludes halogenated alkanes) is 1. The lowest BCUT2D eigenvalue weighted by Gasteiger charge is -2.55. The summed E-state index contributed by atoms with van der Waals surface area (Å²) in [4.78, 5) is 2.70. The Balaban J connectivity index is 1.39. The smallest absolute Gasteiger partial charge is 0.104 e. The van der Waals surface area contributed by atoms with Gasteiger partial charge in [-0.3, -0.25) is 4.90 Å². The molecule has 0 aromatic carbocycles. The van der Waals surface area contributed by atoms with Gasteiger partial charge in [-0.2, -0.15) is 0 Å². The van der Waals surface area contributed by atoms with Gasteiger partial charge in [0.05, 0.1) is 18.8 Å². The number of hydrogen-bond donors (Lipinski definition) is 3. The zero-order valence-electron chi connectivity index (χ0n) is 21.0. The average Bonchev–Trinajstić information content (AvgIpc) is 3.16. The first-order valence-corrected chi connectivity index (χ1v) is 14.0. The Labute approximate surface area is 199 Å². The molecule has 0 aromatic heterocycles. The molecule has 5 nitrogen and oxygen atoms in total. The number of ether oxygens (including phenoxy) is 1. The van der Waals surface area contributed by atoms with Crippen molar-refractivity contribution in [3.63, 3.8) is 0 Å². The molecule has 4 aliphatic heterocycles. The minimum atomic E-state index is -0.735. The monoisotopic (exact) mass is 466 g/mol. The molecule has 190 valence electrons. The molecule has 0 bridgehead atoms. The standard InChI is InChI=1S/C27H47FN2O3/c1-4-18-20-13-30-12-17-14-33-15-27(32,5-2)21(17)10-24(30)26(20)29-23-11-22(28)16(3)19(25(18)23)8-6-7-9-31/h16-26,29,31-32H,4-15H2,1-3H3/t16?,17?,18?,19?,20?,21?,22?,23?,24?,25?,26?,27-/m1/s1. The van der Waals surface area contributed by atoms with Crippen molar-refractivity contribution in [1.29, 1.82) is 0 Å². The highest BCUT2D eigenvalue weighted by molar-refractivity contribution is 5.13. The second kappa shape index (κ2) is 9.65. The molecule has 0 radical (unpaired) electrons. The van der Waals surface area contributed by atoms with E-state index in [1.807, 2.05) is 0 Å². The third-order valence-electron chi connectivity index (χ3n) is 10.9. The number of nitrogens with one attached hydrogen (secondary N) is 1. The first-order chi connectivity index (χ1) is 15.9. The van der Waals surface area contributed by atoms with Gasteiger partial charge in [0.1, 0.15) is 6.17 Å². The molecule has 5 rings (SSSR count). The van der Waals surface area contributed by atoms with Crippen LogP contribution >= 0.6 is 0 Å². The van der Waals surface area contributed by atoms with Gasteiger partial charge in [-0.05, 0) is 67.6 Å². The third-order valence-corrected chi connectivity index (χ3v) is 10.9. The first kappa shape index (κ1) is 24.4. The highest BCUT2D eigenvalue weighted by atomic mass is 19.1. The number of halogens is 1. The molecule has 4 saturated heterocycles. The molecule has 1 saturated carbocycles. The molecule has 0 spiro atoms. The maximum Gasteiger partial charge on any atom is 0.104 e. The van der Waals surface area contributed by atoms with Crippen molar-refractivity contribution in [2.75, 3.05) is 32.9 Å². The Kier molecular flexibility index (Phi) is 7.14. The molecular formula is C27H47FN2O3. The van der Waals surface area contributed by atoms with E-state index in [1.54, 1.807) is 0 Å². The fourth-order valence-corrected chi connectivity index (χ4v) is 9.12. The van der Waals surface area contributed by atoms with Crippen LogP contribution in [0.5, 0.6) is 0 Å². The molecule has 11 unspecified atom stereocenters. The second-order valence-electron chi connectivity index (χ2n) is 12.2. The fourth-order valence-electron chi connectivity index (χ4n) is 9.12. The number of piperidine rings is 2. The van der Waals surface area contributed by atoms with E-state index in [1.165, 1.54) is 6.42 Å².